The Morgan fingerprint density at radius 3 is 2.54 bits per heavy atom. The molecule has 24 heavy (non-hydrogen) atoms. The lowest BCUT2D eigenvalue weighted by Crippen LogP contribution is -2.29. The number of rotatable bonds is 3. The van der Waals surface area contributed by atoms with Crippen LogP contribution >= 0.6 is 0 Å². The summed E-state index contributed by atoms with van der Waals surface area (Å²) in [7, 11) is 1.51. The number of nitrogens with one attached hydrogen (secondary N) is 1. The van der Waals surface area contributed by atoms with Gasteiger partial charge >= 0.3 is 0 Å². The van der Waals surface area contributed by atoms with Crippen LogP contribution in [0.3, 0.4) is 0 Å². The van der Waals surface area contributed by atoms with Gasteiger partial charge in [-0.25, -0.2) is 4.68 Å². The van der Waals surface area contributed by atoms with Crippen molar-refractivity contribution >= 4 is 16.7 Å². The van der Waals surface area contributed by atoms with Crippen LogP contribution in [0.25, 0.3) is 10.8 Å². The lowest BCUT2D eigenvalue weighted by Gasteiger charge is -2.11. The van der Waals surface area contributed by atoms with E-state index in [1.807, 2.05) is 0 Å². The van der Waals surface area contributed by atoms with Gasteiger partial charge in [0.25, 0.3) is 11.5 Å². The van der Waals surface area contributed by atoms with E-state index in [9.17, 15) is 14.9 Å². The summed E-state index contributed by atoms with van der Waals surface area (Å²) in [5.41, 5.74) is 1.03. The van der Waals surface area contributed by atoms with E-state index in [0.717, 1.165) is 0 Å². The zero-order chi connectivity index (χ0) is 17.1. The second-order valence-corrected chi connectivity index (χ2v) is 5.21. The minimum absolute atomic E-state index is 0.122. The third-order valence-electron chi connectivity index (χ3n) is 3.77. The molecule has 0 atom stereocenters. The molecular formula is C18H14N4O2. The van der Waals surface area contributed by atoms with Gasteiger partial charge < -0.3 is 5.32 Å². The molecule has 0 aliphatic carbocycles. The van der Waals surface area contributed by atoms with Crippen LogP contribution in [0.1, 0.15) is 21.6 Å². The lowest BCUT2D eigenvalue weighted by molar-refractivity contribution is 0.0957. The van der Waals surface area contributed by atoms with Gasteiger partial charge in [0.1, 0.15) is 0 Å². The molecule has 118 valence electrons. The van der Waals surface area contributed by atoms with E-state index in [1.54, 1.807) is 48.5 Å². The average molecular weight is 318 g/mol. The largest absolute Gasteiger partial charge is 0.354 e. The summed E-state index contributed by atoms with van der Waals surface area (Å²) in [6.07, 6.45) is 0. The molecule has 0 radical (unpaired) electrons. The summed E-state index contributed by atoms with van der Waals surface area (Å²) in [6.45, 7) is 0.122. The van der Waals surface area contributed by atoms with Crippen molar-refractivity contribution in [1.29, 1.82) is 5.26 Å². The standard InChI is InChI=1S/C18H14N4O2/c1-20-17(23)16-14-8-4-5-9-15(14)18(24)22(21-16)11-13-7-3-2-6-12(13)10-19/h2-9H,11H2,1H3,(H,20,23). The topological polar surface area (TPSA) is 87.8 Å². The second kappa shape index (κ2) is 6.34. The van der Waals surface area contributed by atoms with Gasteiger partial charge in [-0.1, -0.05) is 36.4 Å². The Morgan fingerprint density at radius 2 is 1.83 bits per heavy atom. The molecule has 0 bridgehead atoms. The summed E-state index contributed by atoms with van der Waals surface area (Å²) in [4.78, 5) is 24.8. The number of amides is 1. The minimum Gasteiger partial charge on any atom is -0.354 e. The van der Waals surface area contributed by atoms with E-state index in [4.69, 9.17) is 0 Å². The second-order valence-electron chi connectivity index (χ2n) is 5.21. The van der Waals surface area contributed by atoms with Crippen molar-refractivity contribution in [3.8, 4) is 6.07 Å². The Labute approximate surface area is 138 Å². The maximum atomic E-state index is 12.7. The quantitative estimate of drug-likeness (QED) is 0.796. The number of aromatic nitrogens is 2. The van der Waals surface area contributed by atoms with Gasteiger partial charge in [-0.05, 0) is 17.7 Å². The van der Waals surface area contributed by atoms with Crippen LogP contribution in [0.15, 0.2) is 53.3 Å². The van der Waals surface area contributed by atoms with Crippen LogP contribution in [0.2, 0.25) is 0 Å². The Hall–Kier alpha value is -3.46. The number of hydrogen-bond donors (Lipinski definition) is 1. The molecule has 0 saturated carbocycles. The highest BCUT2D eigenvalue weighted by Gasteiger charge is 2.16. The van der Waals surface area contributed by atoms with Gasteiger partial charge in [0, 0.05) is 12.4 Å². The number of fused-ring (bicyclic) bond motifs is 1. The number of nitrogens with zero attached hydrogens (tertiary/aromatic N) is 3. The molecule has 3 aromatic rings. The maximum Gasteiger partial charge on any atom is 0.274 e. The molecule has 0 aliphatic heterocycles. The van der Waals surface area contributed by atoms with Gasteiger partial charge in [-0.2, -0.15) is 10.4 Å². The molecule has 6 nitrogen and oxygen atoms in total. The smallest absolute Gasteiger partial charge is 0.274 e. The van der Waals surface area contributed by atoms with Crippen LogP contribution in [-0.2, 0) is 6.54 Å². The fourth-order valence-electron chi connectivity index (χ4n) is 2.56. The maximum absolute atomic E-state index is 12.7. The molecule has 1 heterocycles. The number of benzene rings is 2. The van der Waals surface area contributed by atoms with Crippen molar-refractivity contribution in [2.75, 3.05) is 7.05 Å². The zero-order valence-corrected chi connectivity index (χ0v) is 13.0. The van der Waals surface area contributed by atoms with Crippen LogP contribution in [-0.4, -0.2) is 22.7 Å². The van der Waals surface area contributed by atoms with Crippen LogP contribution in [0.5, 0.6) is 0 Å². The van der Waals surface area contributed by atoms with Crippen molar-refractivity contribution in [1.82, 2.24) is 15.1 Å². The van der Waals surface area contributed by atoms with Crippen LogP contribution < -0.4 is 10.9 Å². The van der Waals surface area contributed by atoms with Gasteiger partial charge in [0.15, 0.2) is 5.69 Å². The predicted octanol–water partition coefficient (Wildman–Crippen LogP) is 1.68. The molecule has 1 N–H and O–H groups in total. The first-order valence-corrected chi connectivity index (χ1v) is 7.35. The van der Waals surface area contributed by atoms with E-state index in [1.165, 1.54) is 11.7 Å². The third kappa shape index (κ3) is 2.63. The van der Waals surface area contributed by atoms with Crippen molar-refractivity contribution in [3.63, 3.8) is 0 Å². The van der Waals surface area contributed by atoms with Crippen LogP contribution in [0.4, 0.5) is 0 Å². The molecule has 1 aromatic heterocycles. The highest BCUT2D eigenvalue weighted by molar-refractivity contribution is 6.04. The van der Waals surface area contributed by atoms with E-state index in [0.29, 0.717) is 21.9 Å². The predicted molar refractivity (Wildman–Crippen MR) is 89.7 cm³/mol. The summed E-state index contributed by atoms with van der Waals surface area (Å²) in [5.74, 6) is -0.367. The molecule has 0 saturated heterocycles. The Morgan fingerprint density at radius 1 is 1.17 bits per heavy atom. The van der Waals surface area contributed by atoms with Gasteiger partial charge in [0.05, 0.1) is 23.6 Å². The fraction of sp³-hybridized carbons (Fsp3) is 0.111. The van der Waals surface area contributed by atoms with Crippen molar-refractivity contribution in [3.05, 3.63) is 75.7 Å². The van der Waals surface area contributed by atoms with Gasteiger partial charge in [-0.15, -0.1) is 0 Å². The molecular weight excluding hydrogens is 304 g/mol. The highest BCUT2D eigenvalue weighted by Crippen LogP contribution is 2.14. The fourth-order valence-corrected chi connectivity index (χ4v) is 2.56. The van der Waals surface area contributed by atoms with Crippen LogP contribution in [0, 0.1) is 11.3 Å². The molecule has 1 amide bonds. The van der Waals surface area contributed by atoms with E-state index in [2.05, 4.69) is 16.5 Å². The summed E-state index contributed by atoms with van der Waals surface area (Å²) in [5, 5.41) is 16.9. The molecule has 0 spiro atoms. The SMILES string of the molecule is CNC(=O)c1nn(Cc2ccccc2C#N)c(=O)c2ccccc12. The summed E-state index contributed by atoms with van der Waals surface area (Å²) in [6, 6.07) is 16.0. The molecule has 3 rings (SSSR count). The molecule has 0 aliphatic rings. The van der Waals surface area contributed by atoms with Gasteiger partial charge in [-0.3, -0.25) is 9.59 Å². The van der Waals surface area contributed by atoms with E-state index in [-0.39, 0.29) is 23.7 Å². The van der Waals surface area contributed by atoms with E-state index < -0.39 is 0 Å². The zero-order valence-electron chi connectivity index (χ0n) is 13.0. The third-order valence-corrected chi connectivity index (χ3v) is 3.77. The molecule has 0 unspecified atom stereocenters. The molecule has 2 aromatic carbocycles. The number of nitriles is 1. The molecule has 0 fully saturated rings. The lowest BCUT2D eigenvalue weighted by atomic mass is 10.1. The Kier molecular flexibility index (Phi) is 4.08. The summed E-state index contributed by atoms with van der Waals surface area (Å²) < 4.78 is 1.23. The minimum atomic E-state index is -0.367. The van der Waals surface area contributed by atoms with Gasteiger partial charge in [0.2, 0.25) is 0 Å². The first-order valence-electron chi connectivity index (χ1n) is 7.35. The first kappa shape index (κ1) is 15.4. The Bertz CT molecular complexity index is 1030. The number of carbonyl (C=O) groups excluding carboxylic acids is 1. The number of hydrogen-bond acceptors (Lipinski definition) is 4. The normalized spacial score (nSPS) is 10.3. The first-order chi connectivity index (χ1) is 11.7. The van der Waals surface area contributed by atoms with E-state index >= 15 is 0 Å². The van der Waals surface area contributed by atoms with Crippen molar-refractivity contribution in [2.24, 2.45) is 0 Å². The average Bonchev–Trinajstić information content (AvgIpc) is 2.64. The van der Waals surface area contributed by atoms with Crippen molar-refractivity contribution < 1.29 is 4.79 Å². The highest BCUT2D eigenvalue weighted by atomic mass is 16.2. The Balaban J connectivity index is 2.22. The monoisotopic (exact) mass is 318 g/mol. The molecule has 6 heteroatoms. The van der Waals surface area contributed by atoms with Crippen molar-refractivity contribution in [2.45, 2.75) is 6.54 Å². The number of carbonyl (C=O) groups is 1. The summed E-state index contributed by atoms with van der Waals surface area (Å²) >= 11 is 0.